The van der Waals surface area contributed by atoms with Gasteiger partial charge in [-0.05, 0) is 16.8 Å². The number of fused-ring (bicyclic) bond motifs is 1. The number of aryl methyl sites for hydroxylation is 1. The molecule has 26 heavy (non-hydrogen) atoms. The molecule has 1 amide bonds. The van der Waals surface area contributed by atoms with Crippen LogP contribution in [0.2, 0.25) is 0 Å². The number of nitrogens with one attached hydrogen (secondary N) is 1. The fourth-order valence-electron chi connectivity index (χ4n) is 2.88. The number of nitrogen functional groups attached to an aromatic ring is 1. The van der Waals surface area contributed by atoms with Crippen molar-refractivity contribution in [3.05, 3.63) is 66.6 Å². The molecule has 7 heteroatoms. The Hall–Kier alpha value is -3.74. The third kappa shape index (κ3) is 2.75. The molecule has 0 bridgehead atoms. The highest BCUT2D eigenvalue weighted by atomic mass is 16.2. The minimum Gasteiger partial charge on any atom is -0.382 e. The number of carbonyl (C=O) groups excluding carboxylic acids is 1. The van der Waals surface area contributed by atoms with Crippen LogP contribution in [0.5, 0.6) is 0 Å². The minimum absolute atomic E-state index is 0.254. The summed E-state index contributed by atoms with van der Waals surface area (Å²) in [5, 5.41) is 8.80. The summed E-state index contributed by atoms with van der Waals surface area (Å²) >= 11 is 0. The van der Waals surface area contributed by atoms with E-state index < -0.39 is 0 Å². The first-order valence-corrected chi connectivity index (χ1v) is 8.03. The first kappa shape index (κ1) is 15.8. The summed E-state index contributed by atoms with van der Waals surface area (Å²) < 4.78 is 1.48. The van der Waals surface area contributed by atoms with Crippen molar-refractivity contribution in [2.45, 2.75) is 0 Å². The van der Waals surface area contributed by atoms with E-state index in [0.29, 0.717) is 11.4 Å². The van der Waals surface area contributed by atoms with Gasteiger partial charge in [-0.1, -0.05) is 42.5 Å². The van der Waals surface area contributed by atoms with Gasteiger partial charge in [0.15, 0.2) is 11.6 Å². The van der Waals surface area contributed by atoms with Crippen molar-refractivity contribution < 1.29 is 4.79 Å². The maximum Gasteiger partial charge on any atom is 0.275 e. The number of nitrogens with zero attached hydrogens (tertiary/aromatic N) is 4. The predicted octanol–water partition coefficient (Wildman–Crippen LogP) is 2.86. The van der Waals surface area contributed by atoms with Crippen molar-refractivity contribution in [2.24, 2.45) is 7.05 Å². The van der Waals surface area contributed by atoms with Crippen LogP contribution >= 0.6 is 0 Å². The predicted molar refractivity (Wildman–Crippen MR) is 101 cm³/mol. The van der Waals surface area contributed by atoms with Crippen LogP contribution in [0.3, 0.4) is 0 Å². The van der Waals surface area contributed by atoms with Crippen molar-refractivity contribution >= 4 is 28.3 Å². The van der Waals surface area contributed by atoms with E-state index in [4.69, 9.17) is 5.73 Å². The standard InChI is InChI=1S/C19H16N6O/c1-25-15(9-10-22-25)19(26)24-16-11-21-17(18(20)23-16)14-8-4-6-12-5-2-3-7-13(12)14/h2-11H,1H3,(H3,20,23,24,26). The van der Waals surface area contributed by atoms with Gasteiger partial charge in [0.1, 0.15) is 11.4 Å². The molecule has 0 aliphatic heterocycles. The SMILES string of the molecule is Cn1nccc1C(=O)Nc1cnc(-c2cccc3ccccc23)c(N)n1. The van der Waals surface area contributed by atoms with Crippen molar-refractivity contribution in [1.29, 1.82) is 0 Å². The van der Waals surface area contributed by atoms with Crippen LogP contribution in [0.15, 0.2) is 60.9 Å². The maximum absolute atomic E-state index is 12.3. The number of amides is 1. The van der Waals surface area contributed by atoms with Gasteiger partial charge in [0.25, 0.3) is 5.91 Å². The lowest BCUT2D eigenvalue weighted by atomic mass is 10.0. The average molecular weight is 344 g/mol. The Bertz CT molecular complexity index is 1110. The van der Waals surface area contributed by atoms with Gasteiger partial charge in [-0.3, -0.25) is 9.48 Å². The summed E-state index contributed by atoms with van der Waals surface area (Å²) in [5.74, 6) is 0.221. The van der Waals surface area contributed by atoms with E-state index in [1.54, 1.807) is 19.3 Å². The van der Waals surface area contributed by atoms with Gasteiger partial charge in [0.05, 0.1) is 6.20 Å². The van der Waals surface area contributed by atoms with Crippen LogP contribution in [0.1, 0.15) is 10.5 Å². The van der Waals surface area contributed by atoms with E-state index >= 15 is 0 Å². The molecule has 4 rings (SSSR count). The third-order valence-electron chi connectivity index (χ3n) is 4.14. The molecule has 0 aliphatic rings. The fourth-order valence-corrected chi connectivity index (χ4v) is 2.88. The van der Waals surface area contributed by atoms with Crippen LogP contribution in [-0.2, 0) is 7.05 Å². The number of nitrogens with two attached hydrogens (primary N) is 1. The molecule has 2 aromatic heterocycles. The lowest BCUT2D eigenvalue weighted by Crippen LogP contribution is -2.17. The van der Waals surface area contributed by atoms with Gasteiger partial charge >= 0.3 is 0 Å². The summed E-state index contributed by atoms with van der Waals surface area (Å²) in [5.41, 5.74) is 8.03. The molecular formula is C19H16N6O. The number of hydrogen-bond acceptors (Lipinski definition) is 5. The molecule has 0 unspecified atom stereocenters. The quantitative estimate of drug-likeness (QED) is 0.595. The Morgan fingerprint density at radius 2 is 1.92 bits per heavy atom. The summed E-state index contributed by atoms with van der Waals surface area (Å²) in [6, 6.07) is 15.6. The van der Waals surface area contributed by atoms with Crippen molar-refractivity contribution in [3.8, 4) is 11.3 Å². The van der Waals surface area contributed by atoms with Crippen molar-refractivity contribution in [3.63, 3.8) is 0 Å². The highest BCUT2D eigenvalue weighted by Gasteiger charge is 2.14. The Morgan fingerprint density at radius 1 is 1.12 bits per heavy atom. The highest BCUT2D eigenvalue weighted by Crippen LogP contribution is 2.30. The van der Waals surface area contributed by atoms with Crippen molar-refractivity contribution in [1.82, 2.24) is 19.7 Å². The second-order valence-corrected chi connectivity index (χ2v) is 5.81. The number of aromatic nitrogens is 4. The zero-order chi connectivity index (χ0) is 18.1. The fraction of sp³-hybridized carbons (Fsp3) is 0.0526. The van der Waals surface area contributed by atoms with Crippen LogP contribution in [0.25, 0.3) is 22.0 Å². The maximum atomic E-state index is 12.3. The van der Waals surface area contributed by atoms with Crippen molar-refractivity contribution in [2.75, 3.05) is 11.1 Å². The largest absolute Gasteiger partial charge is 0.382 e. The van der Waals surface area contributed by atoms with E-state index in [1.807, 2.05) is 42.5 Å². The van der Waals surface area contributed by atoms with Gasteiger partial charge in [0, 0.05) is 18.8 Å². The second kappa shape index (κ2) is 6.29. The molecule has 0 saturated carbocycles. The first-order valence-electron chi connectivity index (χ1n) is 8.03. The normalized spacial score (nSPS) is 10.8. The molecule has 0 saturated heterocycles. The molecular weight excluding hydrogens is 328 g/mol. The van der Waals surface area contributed by atoms with Crippen LogP contribution in [0, 0.1) is 0 Å². The molecule has 0 radical (unpaired) electrons. The topological polar surface area (TPSA) is 98.7 Å². The lowest BCUT2D eigenvalue weighted by Gasteiger charge is -2.10. The molecule has 2 aromatic carbocycles. The van der Waals surface area contributed by atoms with E-state index in [2.05, 4.69) is 20.4 Å². The molecule has 4 aromatic rings. The number of anilines is 2. The number of hydrogen-bond donors (Lipinski definition) is 2. The van der Waals surface area contributed by atoms with Crippen LogP contribution in [-0.4, -0.2) is 25.7 Å². The molecule has 7 nitrogen and oxygen atoms in total. The number of carbonyl (C=O) groups is 1. The van der Waals surface area contributed by atoms with E-state index in [9.17, 15) is 4.79 Å². The van der Waals surface area contributed by atoms with Gasteiger partial charge in [-0.2, -0.15) is 5.10 Å². The summed E-state index contributed by atoms with van der Waals surface area (Å²) in [4.78, 5) is 21.0. The zero-order valence-electron chi connectivity index (χ0n) is 14.0. The molecule has 0 aliphatic carbocycles. The molecule has 0 fully saturated rings. The smallest absolute Gasteiger partial charge is 0.275 e. The Balaban J connectivity index is 1.68. The Kier molecular flexibility index (Phi) is 3.81. The van der Waals surface area contributed by atoms with Gasteiger partial charge in [-0.25, -0.2) is 9.97 Å². The third-order valence-corrected chi connectivity index (χ3v) is 4.14. The van der Waals surface area contributed by atoms with Gasteiger partial charge < -0.3 is 11.1 Å². The van der Waals surface area contributed by atoms with E-state index in [1.165, 1.54) is 10.9 Å². The zero-order valence-corrected chi connectivity index (χ0v) is 14.0. The lowest BCUT2D eigenvalue weighted by molar-refractivity contribution is 0.101. The highest BCUT2D eigenvalue weighted by molar-refractivity contribution is 6.03. The number of benzene rings is 2. The second-order valence-electron chi connectivity index (χ2n) is 5.81. The summed E-state index contributed by atoms with van der Waals surface area (Å²) in [7, 11) is 1.69. The van der Waals surface area contributed by atoms with Crippen LogP contribution in [0.4, 0.5) is 11.6 Å². The van der Waals surface area contributed by atoms with E-state index in [0.717, 1.165) is 16.3 Å². The monoisotopic (exact) mass is 344 g/mol. The van der Waals surface area contributed by atoms with E-state index in [-0.39, 0.29) is 17.5 Å². The Labute approximate surface area is 149 Å². The average Bonchev–Trinajstić information content (AvgIpc) is 3.08. The molecule has 128 valence electrons. The van der Waals surface area contributed by atoms with Crippen LogP contribution < -0.4 is 11.1 Å². The summed E-state index contributed by atoms with van der Waals surface area (Å²) in [6.45, 7) is 0. The molecule has 0 atom stereocenters. The minimum atomic E-state index is -0.323. The van der Waals surface area contributed by atoms with Gasteiger partial charge in [-0.15, -0.1) is 0 Å². The first-order chi connectivity index (χ1) is 12.6. The van der Waals surface area contributed by atoms with Gasteiger partial charge in [0.2, 0.25) is 0 Å². The molecule has 3 N–H and O–H groups in total. The summed E-state index contributed by atoms with van der Waals surface area (Å²) in [6.07, 6.45) is 3.06. The Morgan fingerprint density at radius 3 is 2.69 bits per heavy atom. The molecule has 2 heterocycles. The number of rotatable bonds is 3. The molecule has 0 spiro atoms.